The molecule has 0 saturated carbocycles. The van der Waals surface area contributed by atoms with E-state index in [2.05, 4.69) is 12.1 Å². The van der Waals surface area contributed by atoms with Gasteiger partial charge in [-0.05, 0) is 47.2 Å². The normalized spacial score (nSPS) is 14.8. The summed E-state index contributed by atoms with van der Waals surface area (Å²) in [4.78, 5) is 0. The van der Waals surface area contributed by atoms with Crippen LogP contribution in [-0.2, 0) is 24.4 Å². The fraction of sp³-hybridized carbons (Fsp3) is 0.333. The van der Waals surface area contributed by atoms with Crippen LogP contribution in [0.25, 0.3) is 0 Å². The summed E-state index contributed by atoms with van der Waals surface area (Å²) in [5, 5.41) is 10.3. The second-order valence-electron chi connectivity index (χ2n) is 5.42. The van der Waals surface area contributed by atoms with E-state index in [1.165, 1.54) is 16.7 Å². The quantitative estimate of drug-likeness (QED) is 0.914. The first-order chi connectivity index (χ1) is 10.3. The van der Waals surface area contributed by atoms with Gasteiger partial charge in [0.1, 0.15) is 5.75 Å². The van der Waals surface area contributed by atoms with Crippen molar-refractivity contribution in [2.75, 3.05) is 7.11 Å². The van der Waals surface area contributed by atoms with E-state index < -0.39 is 6.10 Å². The van der Waals surface area contributed by atoms with Gasteiger partial charge in [-0.1, -0.05) is 30.3 Å². The third kappa shape index (κ3) is 3.26. The molecule has 0 saturated heterocycles. The van der Waals surface area contributed by atoms with Gasteiger partial charge in [0.2, 0.25) is 0 Å². The molecule has 0 spiro atoms. The maximum Gasteiger partial charge on any atom is 0.118 e. The number of fused-ring (bicyclic) bond motifs is 1. The Kier molecular flexibility index (Phi) is 4.23. The molecule has 0 aromatic heterocycles. The highest BCUT2D eigenvalue weighted by atomic mass is 16.5. The predicted molar refractivity (Wildman–Crippen MR) is 81.2 cm³/mol. The maximum atomic E-state index is 10.3. The Hall–Kier alpha value is -1.84. The fourth-order valence-corrected chi connectivity index (χ4v) is 2.66. The molecule has 1 aliphatic rings. The SMILES string of the molecule is COc1ccc(CCC(O)c2ccc3c(c2)COC3)cc1. The van der Waals surface area contributed by atoms with Crippen LogP contribution in [0.3, 0.4) is 0 Å². The molecular formula is C18H20O3. The maximum absolute atomic E-state index is 10.3. The number of hydrogen-bond acceptors (Lipinski definition) is 3. The van der Waals surface area contributed by atoms with Crippen LogP contribution in [-0.4, -0.2) is 12.2 Å². The summed E-state index contributed by atoms with van der Waals surface area (Å²) in [5.41, 5.74) is 4.63. The molecule has 0 amide bonds. The third-order valence-electron chi connectivity index (χ3n) is 4.00. The van der Waals surface area contributed by atoms with E-state index in [0.29, 0.717) is 19.6 Å². The molecule has 3 rings (SSSR count). The summed E-state index contributed by atoms with van der Waals surface area (Å²) in [7, 11) is 1.66. The Morgan fingerprint density at radius 2 is 1.86 bits per heavy atom. The van der Waals surface area contributed by atoms with Crippen molar-refractivity contribution in [3.8, 4) is 5.75 Å². The molecule has 2 aromatic carbocycles. The van der Waals surface area contributed by atoms with Crippen molar-refractivity contribution in [1.82, 2.24) is 0 Å². The Labute approximate surface area is 125 Å². The minimum atomic E-state index is -0.432. The number of benzene rings is 2. The van der Waals surface area contributed by atoms with Crippen LogP contribution in [0.5, 0.6) is 5.75 Å². The van der Waals surface area contributed by atoms with Crippen LogP contribution in [0.4, 0.5) is 0 Å². The average Bonchev–Trinajstić information content (AvgIpc) is 3.00. The molecule has 0 radical (unpaired) electrons. The van der Waals surface area contributed by atoms with Crippen LogP contribution in [0.15, 0.2) is 42.5 Å². The Morgan fingerprint density at radius 3 is 2.62 bits per heavy atom. The zero-order chi connectivity index (χ0) is 14.7. The first kappa shape index (κ1) is 14.1. The fourth-order valence-electron chi connectivity index (χ4n) is 2.66. The summed E-state index contributed by atoms with van der Waals surface area (Å²) in [6, 6.07) is 14.1. The minimum Gasteiger partial charge on any atom is -0.497 e. The van der Waals surface area contributed by atoms with E-state index in [1.807, 2.05) is 30.3 Å². The summed E-state index contributed by atoms with van der Waals surface area (Å²) >= 11 is 0. The molecule has 110 valence electrons. The minimum absolute atomic E-state index is 0.432. The van der Waals surface area contributed by atoms with Crippen LogP contribution < -0.4 is 4.74 Å². The molecule has 3 nitrogen and oxygen atoms in total. The van der Waals surface area contributed by atoms with E-state index in [0.717, 1.165) is 17.7 Å². The average molecular weight is 284 g/mol. The molecule has 1 heterocycles. The Morgan fingerprint density at radius 1 is 1.10 bits per heavy atom. The van der Waals surface area contributed by atoms with Crippen molar-refractivity contribution in [2.45, 2.75) is 32.2 Å². The largest absolute Gasteiger partial charge is 0.497 e. The van der Waals surface area contributed by atoms with Crippen LogP contribution >= 0.6 is 0 Å². The molecular weight excluding hydrogens is 264 g/mol. The molecule has 1 N–H and O–H groups in total. The summed E-state index contributed by atoms with van der Waals surface area (Å²) in [6.45, 7) is 1.35. The van der Waals surface area contributed by atoms with Gasteiger partial charge in [0.15, 0.2) is 0 Å². The van der Waals surface area contributed by atoms with Crippen molar-refractivity contribution >= 4 is 0 Å². The van der Waals surface area contributed by atoms with E-state index in [-0.39, 0.29) is 0 Å². The molecule has 3 heteroatoms. The zero-order valence-corrected chi connectivity index (χ0v) is 12.2. The van der Waals surface area contributed by atoms with Gasteiger partial charge in [-0.3, -0.25) is 0 Å². The topological polar surface area (TPSA) is 38.7 Å². The van der Waals surface area contributed by atoms with Gasteiger partial charge < -0.3 is 14.6 Å². The molecule has 1 atom stereocenters. The lowest BCUT2D eigenvalue weighted by atomic mass is 9.98. The summed E-state index contributed by atoms with van der Waals surface area (Å²) in [5.74, 6) is 0.859. The third-order valence-corrected chi connectivity index (χ3v) is 4.00. The molecule has 0 aliphatic carbocycles. The Balaban J connectivity index is 1.61. The number of rotatable bonds is 5. The van der Waals surface area contributed by atoms with Crippen LogP contribution in [0.1, 0.15) is 34.8 Å². The van der Waals surface area contributed by atoms with E-state index >= 15 is 0 Å². The highest BCUT2D eigenvalue weighted by Crippen LogP contribution is 2.26. The van der Waals surface area contributed by atoms with Crippen molar-refractivity contribution in [2.24, 2.45) is 0 Å². The summed E-state index contributed by atoms with van der Waals surface area (Å²) < 4.78 is 10.6. The summed E-state index contributed by atoms with van der Waals surface area (Å²) in [6.07, 6.45) is 1.13. The number of aryl methyl sites for hydroxylation is 1. The zero-order valence-electron chi connectivity index (χ0n) is 12.2. The second kappa shape index (κ2) is 6.29. The molecule has 1 unspecified atom stereocenters. The lowest BCUT2D eigenvalue weighted by molar-refractivity contribution is 0.134. The van der Waals surface area contributed by atoms with Gasteiger partial charge in [0.25, 0.3) is 0 Å². The van der Waals surface area contributed by atoms with Gasteiger partial charge in [-0.25, -0.2) is 0 Å². The van der Waals surface area contributed by atoms with Crippen LogP contribution in [0, 0.1) is 0 Å². The van der Waals surface area contributed by atoms with Gasteiger partial charge in [0, 0.05) is 0 Å². The number of ether oxygens (including phenoxy) is 2. The molecule has 0 fully saturated rings. The number of aliphatic hydroxyl groups is 1. The lowest BCUT2D eigenvalue weighted by Crippen LogP contribution is -2.01. The van der Waals surface area contributed by atoms with Crippen molar-refractivity contribution in [3.05, 3.63) is 64.7 Å². The molecule has 2 aromatic rings. The van der Waals surface area contributed by atoms with Crippen molar-refractivity contribution < 1.29 is 14.6 Å². The Bertz CT molecular complexity index is 604. The smallest absolute Gasteiger partial charge is 0.118 e. The number of methoxy groups -OCH3 is 1. The van der Waals surface area contributed by atoms with Crippen LogP contribution in [0.2, 0.25) is 0 Å². The van der Waals surface area contributed by atoms with Gasteiger partial charge >= 0.3 is 0 Å². The lowest BCUT2D eigenvalue weighted by Gasteiger charge is -2.12. The second-order valence-corrected chi connectivity index (χ2v) is 5.42. The molecule has 21 heavy (non-hydrogen) atoms. The molecule has 1 aliphatic heterocycles. The van der Waals surface area contributed by atoms with Crippen molar-refractivity contribution in [1.29, 1.82) is 0 Å². The van der Waals surface area contributed by atoms with Gasteiger partial charge in [-0.2, -0.15) is 0 Å². The van der Waals surface area contributed by atoms with E-state index in [1.54, 1.807) is 7.11 Å². The number of hydrogen-bond donors (Lipinski definition) is 1. The van der Waals surface area contributed by atoms with E-state index in [9.17, 15) is 5.11 Å². The predicted octanol–water partition coefficient (Wildman–Crippen LogP) is 3.39. The standard InChI is InChI=1S/C18H20O3/c1-20-17-7-2-13(3-8-17)4-9-18(19)14-5-6-15-11-21-12-16(15)10-14/h2-3,5-8,10,18-19H,4,9,11-12H2,1H3. The van der Waals surface area contributed by atoms with E-state index in [4.69, 9.17) is 9.47 Å². The van der Waals surface area contributed by atoms with Gasteiger partial charge in [0.05, 0.1) is 26.4 Å². The molecule has 0 bridgehead atoms. The highest BCUT2D eigenvalue weighted by Gasteiger charge is 2.14. The number of aliphatic hydroxyl groups excluding tert-OH is 1. The van der Waals surface area contributed by atoms with Crippen molar-refractivity contribution in [3.63, 3.8) is 0 Å². The monoisotopic (exact) mass is 284 g/mol. The first-order valence-corrected chi connectivity index (χ1v) is 7.26. The first-order valence-electron chi connectivity index (χ1n) is 7.26. The highest BCUT2D eigenvalue weighted by molar-refractivity contribution is 5.34. The van der Waals surface area contributed by atoms with Gasteiger partial charge in [-0.15, -0.1) is 0 Å².